The molecule has 3 heteroatoms. The van der Waals surface area contributed by atoms with Crippen LogP contribution >= 0.6 is 0 Å². The maximum atomic E-state index is 10.7. The first kappa shape index (κ1) is 14.6. The third-order valence-corrected chi connectivity index (χ3v) is 3.27. The Bertz CT molecular complexity index is 598. The van der Waals surface area contributed by atoms with Crippen LogP contribution in [0, 0.1) is 0 Å². The lowest BCUT2D eigenvalue weighted by Crippen LogP contribution is -2.24. The Balaban J connectivity index is 2.75. The summed E-state index contributed by atoms with van der Waals surface area (Å²) >= 11 is 0. The lowest BCUT2D eigenvalue weighted by molar-refractivity contribution is 0.293. The van der Waals surface area contributed by atoms with Crippen LogP contribution in [0.25, 0.3) is 11.1 Å². The molecule has 3 nitrogen and oxygen atoms in total. The molecule has 0 unspecified atom stereocenters. The average Bonchev–Trinajstić information content (AvgIpc) is 2.67. The van der Waals surface area contributed by atoms with E-state index in [4.69, 9.17) is 5.10 Å². The highest BCUT2D eigenvalue weighted by atomic mass is 16.3. The molecule has 20 heavy (non-hydrogen) atoms. The number of aromatic hydroxyl groups is 1. The fourth-order valence-corrected chi connectivity index (χ4v) is 2.27. The molecule has 0 aliphatic carbocycles. The molecule has 1 aromatic carbocycles. The average molecular weight is 272 g/mol. The van der Waals surface area contributed by atoms with Gasteiger partial charge in [-0.3, -0.25) is 0 Å². The summed E-state index contributed by atoms with van der Waals surface area (Å²) in [5.74, 6) is 0.244. The zero-order valence-electron chi connectivity index (χ0n) is 13.2. The van der Waals surface area contributed by atoms with Crippen LogP contribution in [0.2, 0.25) is 0 Å². The number of benzene rings is 1. The van der Waals surface area contributed by atoms with E-state index in [1.54, 1.807) is 4.68 Å². The number of rotatable bonds is 1. The molecule has 1 N–H and O–H groups in total. The maximum absolute atomic E-state index is 10.7. The molecule has 0 saturated heterocycles. The summed E-state index contributed by atoms with van der Waals surface area (Å²) in [6.45, 7) is 12.5. The molecular formula is C17H24N2O. The normalized spacial score (nSPS) is 12.7. The van der Waals surface area contributed by atoms with E-state index in [-0.39, 0.29) is 16.8 Å². The van der Waals surface area contributed by atoms with Gasteiger partial charge >= 0.3 is 0 Å². The zero-order chi connectivity index (χ0) is 15.1. The van der Waals surface area contributed by atoms with Crippen LogP contribution < -0.4 is 0 Å². The molecule has 0 saturated carbocycles. The Kier molecular flexibility index (Phi) is 3.41. The molecule has 0 bridgehead atoms. The first-order chi connectivity index (χ1) is 9.12. The van der Waals surface area contributed by atoms with Crippen molar-refractivity contribution in [3.63, 3.8) is 0 Å². The Morgan fingerprint density at radius 1 is 0.950 bits per heavy atom. The van der Waals surface area contributed by atoms with Crippen molar-refractivity contribution >= 4 is 0 Å². The summed E-state index contributed by atoms with van der Waals surface area (Å²) in [5, 5.41) is 15.4. The van der Waals surface area contributed by atoms with E-state index in [1.807, 2.05) is 51.1 Å². The molecule has 0 fully saturated rings. The van der Waals surface area contributed by atoms with Gasteiger partial charge in [0.05, 0.1) is 16.8 Å². The molecule has 1 aromatic heterocycles. The number of hydrogen-bond donors (Lipinski definition) is 1. The van der Waals surface area contributed by atoms with Crippen molar-refractivity contribution < 1.29 is 5.11 Å². The second-order valence-corrected chi connectivity index (χ2v) is 7.25. The lowest BCUT2D eigenvalue weighted by Gasteiger charge is -2.20. The number of hydrogen-bond acceptors (Lipinski definition) is 2. The molecule has 0 radical (unpaired) electrons. The molecule has 0 amide bonds. The third kappa shape index (κ3) is 2.58. The van der Waals surface area contributed by atoms with Crippen molar-refractivity contribution in [1.82, 2.24) is 9.78 Å². The van der Waals surface area contributed by atoms with Crippen molar-refractivity contribution in [1.29, 1.82) is 0 Å². The van der Waals surface area contributed by atoms with Gasteiger partial charge in [0.25, 0.3) is 0 Å². The van der Waals surface area contributed by atoms with Gasteiger partial charge < -0.3 is 5.11 Å². The molecule has 2 aromatic rings. The predicted octanol–water partition coefficient (Wildman–Crippen LogP) is 4.31. The molecular weight excluding hydrogens is 248 g/mol. The van der Waals surface area contributed by atoms with Gasteiger partial charge in [-0.2, -0.15) is 5.10 Å². The molecule has 108 valence electrons. The van der Waals surface area contributed by atoms with Gasteiger partial charge in [0.2, 0.25) is 5.88 Å². The van der Waals surface area contributed by atoms with Crippen molar-refractivity contribution in [2.45, 2.75) is 52.5 Å². The van der Waals surface area contributed by atoms with Crippen molar-refractivity contribution in [2.75, 3.05) is 0 Å². The first-order valence-corrected chi connectivity index (χ1v) is 7.01. The molecule has 0 spiro atoms. The van der Waals surface area contributed by atoms with E-state index >= 15 is 0 Å². The molecule has 2 rings (SSSR count). The van der Waals surface area contributed by atoms with Gasteiger partial charge in [-0.1, -0.05) is 51.1 Å². The van der Waals surface area contributed by atoms with Crippen LogP contribution in [0.1, 0.15) is 47.2 Å². The Morgan fingerprint density at radius 3 is 1.95 bits per heavy atom. The van der Waals surface area contributed by atoms with Gasteiger partial charge in [0.1, 0.15) is 0 Å². The number of nitrogens with zero attached hydrogens (tertiary/aromatic N) is 2. The molecule has 0 aliphatic rings. The highest BCUT2D eigenvalue weighted by molar-refractivity contribution is 5.72. The maximum Gasteiger partial charge on any atom is 0.218 e. The highest BCUT2D eigenvalue weighted by Crippen LogP contribution is 2.40. The van der Waals surface area contributed by atoms with Crippen LogP contribution in [-0.4, -0.2) is 14.9 Å². The minimum Gasteiger partial charge on any atom is -0.493 e. The number of aromatic nitrogens is 2. The standard InChI is InChI=1S/C17H24N2O/c1-16(2,3)14-13(12-10-8-7-9-11-12)15(20)19(18-14)17(4,5)6/h7-11,20H,1-6H3. The smallest absolute Gasteiger partial charge is 0.218 e. The van der Waals surface area contributed by atoms with Crippen LogP contribution in [0.3, 0.4) is 0 Å². The molecule has 0 aliphatic heterocycles. The first-order valence-electron chi connectivity index (χ1n) is 7.01. The topological polar surface area (TPSA) is 38.0 Å². The quantitative estimate of drug-likeness (QED) is 0.840. The summed E-state index contributed by atoms with van der Waals surface area (Å²) in [6.07, 6.45) is 0. The monoisotopic (exact) mass is 272 g/mol. The zero-order valence-corrected chi connectivity index (χ0v) is 13.2. The molecule has 0 atom stereocenters. The van der Waals surface area contributed by atoms with Crippen molar-refractivity contribution in [3.05, 3.63) is 36.0 Å². The van der Waals surface area contributed by atoms with Crippen molar-refractivity contribution in [2.24, 2.45) is 0 Å². The summed E-state index contributed by atoms with van der Waals surface area (Å²) < 4.78 is 1.72. The summed E-state index contributed by atoms with van der Waals surface area (Å²) in [6, 6.07) is 9.97. The van der Waals surface area contributed by atoms with Gasteiger partial charge in [-0.05, 0) is 26.3 Å². The lowest BCUT2D eigenvalue weighted by atomic mass is 9.87. The summed E-state index contributed by atoms with van der Waals surface area (Å²) in [4.78, 5) is 0. The van der Waals surface area contributed by atoms with E-state index in [1.165, 1.54) is 0 Å². The summed E-state index contributed by atoms with van der Waals surface area (Å²) in [7, 11) is 0. The van der Waals surface area contributed by atoms with E-state index in [0.717, 1.165) is 16.8 Å². The van der Waals surface area contributed by atoms with E-state index in [9.17, 15) is 5.11 Å². The predicted molar refractivity (Wildman–Crippen MR) is 83.0 cm³/mol. The van der Waals surface area contributed by atoms with Gasteiger partial charge in [0.15, 0.2) is 0 Å². The highest BCUT2D eigenvalue weighted by Gasteiger charge is 2.30. The minimum absolute atomic E-state index is 0.126. The van der Waals surface area contributed by atoms with Crippen LogP contribution in [-0.2, 0) is 11.0 Å². The van der Waals surface area contributed by atoms with Crippen LogP contribution in [0.4, 0.5) is 0 Å². The second-order valence-electron chi connectivity index (χ2n) is 7.25. The Labute approximate surface area is 121 Å². The van der Waals surface area contributed by atoms with E-state index < -0.39 is 0 Å². The Hall–Kier alpha value is -1.77. The third-order valence-electron chi connectivity index (χ3n) is 3.27. The second kappa shape index (κ2) is 4.65. The Morgan fingerprint density at radius 2 is 1.50 bits per heavy atom. The SMILES string of the molecule is CC(C)(C)c1nn(C(C)(C)C)c(O)c1-c1ccccc1. The summed E-state index contributed by atoms with van der Waals surface area (Å²) in [5.41, 5.74) is 2.39. The van der Waals surface area contributed by atoms with Crippen molar-refractivity contribution in [3.8, 4) is 17.0 Å². The molecule has 1 heterocycles. The largest absolute Gasteiger partial charge is 0.493 e. The van der Waals surface area contributed by atoms with Crippen LogP contribution in [0.5, 0.6) is 5.88 Å². The van der Waals surface area contributed by atoms with Gasteiger partial charge in [0, 0.05) is 5.41 Å². The minimum atomic E-state index is -0.253. The fourth-order valence-electron chi connectivity index (χ4n) is 2.27. The van der Waals surface area contributed by atoms with E-state index in [0.29, 0.717) is 0 Å². The van der Waals surface area contributed by atoms with Gasteiger partial charge in [-0.15, -0.1) is 0 Å². The van der Waals surface area contributed by atoms with Gasteiger partial charge in [-0.25, -0.2) is 4.68 Å². The van der Waals surface area contributed by atoms with E-state index in [2.05, 4.69) is 20.8 Å². The fraction of sp³-hybridized carbons (Fsp3) is 0.471. The van der Waals surface area contributed by atoms with Crippen LogP contribution in [0.15, 0.2) is 30.3 Å².